The van der Waals surface area contributed by atoms with Gasteiger partial charge in [0.2, 0.25) is 0 Å². The fourth-order valence-electron chi connectivity index (χ4n) is 2.22. The fourth-order valence-corrected chi connectivity index (χ4v) is 11.9. The molecular formula is C11H35N3Si4. The van der Waals surface area contributed by atoms with E-state index in [2.05, 4.69) is 73.9 Å². The SMILES string of the molecule is C[Si](C)(C)NCC([SiH3])(N[Si](C)(C)C)N[Si](C)(C)C. The monoisotopic (exact) mass is 321 g/mol. The van der Waals surface area contributed by atoms with Gasteiger partial charge in [-0.1, -0.05) is 58.9 Å². The quantitative estimate of drug-likeness (QED) is 0.488. The number of hydrogen-bond acceptors (Lipinski definition) is 3. The summed E-state index contributed by atoms with van der Waals surface area (Å²) < 4.78 is 0. The van der Waals surface area contributed by atoms with Gasteiger partial charge in [-0.2, -0.15) is 0 Å². The molecule has 0 aromatic rings. The van der Waals surface area contributed by atoms with E-state index in [1.807, 2.05) is 0 Å². The molecule has 0 radical (unpaired) electrons. The summed E-state index contributed by atoms with van der Waals surface area (Å²) in [6.45, 7) is 22.5. The van der Waals surface area contributed by atoms with Gasteiger partial charge in [-0.05, 0) is 0 Å². The Morgan fingerprint density at radius 3 is 1.28 bits per heavy atom. The second-order valence-electron chi connectivity index (χ2n) is 8.69. The van der Waals surface area contributed by atoms with Crippen molar-refractivity contribution in [2.45, 2.75) is 64.2 Å². The summed E-state index contributed by atoms with van der Waals surface area (Å²) in [5.41, 5.74) is 0. The van der Waals surface area contributed by atoms with Gasteiger partial charge in [0.25, 0.3) is 0 Å². The first kappa shape index (κ1) is 18.7. The van der Waals surface area contributed by atoms with Gasteiger partial charge in [-0.15, -0.1) is 0 Å². The zero-order chi connectivity index (χ0) is 14.8. The van der Waals surface area contributed by atoms with Crippen molar-refractivity contribution in [3.05, 3.63) is 0 Å². The molecule has 0 aliphatic rings. The predicted octanol–water partition coefficient (Wildman–Crippen LogP) is 1.28. The van der Waals surface area contributed by atoms with Crippen LogP contribution >= 0.6 is 0 Å². The normalized spacial score (nSPS) is 15.2. The van der Waals surface area contributed by atoms with Crippen LogP contribution in [-0.2, 0) is 0 Å². The summed E-state index contributed by atoms with van der Waals surface area (Å²) in [6, 6.07) is 0. The molecule has 0 aromatic carbocycles. The third kappa shape index (κ3) is 10.7. The molecule has 0 aromatic heterocycles. The maximum atomic E-state index is 3.95. The van der Waals surface area contributed by atoms with Crippen molar-refractivity contribution in [3.8, 4) is 0 Å². The molecular weight excluding hydrogens is 286 g/mol. The highest BCUT2D eigenvalue weighted by Gasteiger charge is 2.34. The van der Waals surface area contributed by atoms with Gasteiger partial charge >= 0.3 is 0 Å². The summed E-state index contributed by atoms with van der Waals surface area (Å²) in [7, 11) is -2.60. The second kappa shape index (κ2) is 6.02. The first-order valence-corrected chi connectivity index (χ1v) is 18.5. The Balaban J connectivity index is 4.81. The van der Waals surface area contributed by atoms with Crippen LogP contribution in [0.15, 0.2) is 0 Å². The number of nitrogens with one attached hydrogen (secondary N) is 3. The third-order valence-electron chi connectivity index (χ3n) is 2.27. The van der Waals surface area contributed by atoms with E-state index in [0.29, 0.717) is 0 Å². The molecule has 3 N–H and O–H groups in total. The molecule has 0 atom stereocenters. The average Bonchev–Trinajstić information content (AvgIpc) is 1.91. The maximum Gasteiger partial charge on any atom is 0.117 e. The molecule has 3 nitrogen and oxygen atoms in total. The lowest BCUT2D eigenvalue weighted by Crippen LogP contribution is -2.74. The average molecular weight is 322 g/mol. The van der Waals surface area contributed by atoms with Crippen molar-refractivity contribution in [3.63, 3.8) is 0 Å². The van der Waals surface area contributed by atoms with Gasteiger partial charge in [-0.3, -0.25) is 0 Å². The standard InChI is InChI=1S/C11H35N3Si4/c1-16(2,3)12-10-11(15,13-17(4,5)6)14-18(7,8)9/h12-14H,10H2,1-9,15H3. The Bertz CT molecular complexity index is 247. The van der Waals surface area contributed by atoms with E-state index in [1.54, 1.807) is 0 Å². The Morgan fingerprint density at radius 1 is 0.722 bits per heavy atom. The van der Waals surface area contributed by atoms with Crippen LogP contribution in [0.3, 0.4) is 0 Å². The Labute approximate surface area is 121 Å². The van der Waals surface area contributed by atoms with Gasteiger partial charge < -0.3 is 14.9 Å². The minimum absolute atomic E-state index is 0.162. The minimum Gasteiger partial charge on any atom is -0.335 e. The van der Waals surface area contributed by atoms with Crippen LogP contribution in [0.25, 0.3) is 0 Å². The van der Waals surface area contributed by atoms with Crippen molar-refractivity contribution in [1.82, 2.24) is 14.9 Å². The largest absolute Gasteiger partial charge is 0.335 e. The third-order valence-corrected chi connectivity index (χ3v) is 7.97. The van der Waals surface area contributed by atoms with E-state index in [0.717, 1.165) is 16.8 Å². The van der Waals surface area contributed by atoms with Gasteiger partial charge in [0.1, 0.15) is 24.7 Å². The fraction of sp³-hybridized carbons (Fsp3) is 1.00. The van der Waals surface area contributed by atoms with E-state index in [-0.39, 0.29) is 5.29 Å². The zero-order valence-corrected chi connectivity index (χ0v) is 19.2. The molecule has 0 unspecified atom stereocenters. The topological polar surface area (TPSA) is 36.1 Å². The van der Waals surface area contributed by atoms with Crippen LogP contribution < -0.4 is 14.9 Å². The van der Waals surface area contributed by atoms with Crippen LogP contribution in [0.5, 0.6) is 0 Å². The second-order valence-corrected chi connectivity index (χ2v) is 24.7. The minimum atomic E-state index is -1.27. The van der Waals surface area contributed by atoms with Crippen molar-refractivity contribution in [1.29, 1.82) is 0 Å². The molecule has 0 aliphatic heterocycles. The summed E-state index contributed by atoms with van der Waals surface area (Å²) >= 11 is 0. The highest BCUT2D eigenvalue weighted by atomic mass is 28.3. The van der Waals surface area contributed by atoms with Crippen LogP contribution in [0, 0.1) is 0 Å². The van der Waals surface area contributed by atoms with Crippen molar-refractivity contribution in [2.75, 3.05) is 6.54 Å². The zero-order valence-electron chi connectivity index (χ0n) is 14.2. The first-order chi connectivity index (χ1) is 7.62. The van der Waals surface area contributed by atoms with Gasteiger partial charge in [0.15, 0.2) is 0 Å². The summed E-state index contributed by atoms with van der Waals surface area (Å²) in [5, 5.41) is 0.162. The molecule has 7 heteroatoms. The lowest BCUT2D eigenvalue weighted by atomic mass is 10.5. The van der Waals surface area contributed by atoms with Gasteiger partial charge in [0, 0.05) is 22.1 Å². The Morgan fingerprint density at radius 2 is 1.06 bits per heavy atom. The van der Waals surface area contributed by atoms with Gasteiger partial charge in [-0.25, -0.2) is 0 Å². The number of rotatable bonds is 7. The Hall–Kier alpha value is 0.748. The molecule has 0 bridgehead atoms. The summed E-state index contributed by atoms with van der Waals surface area (Å²) in [5.74, 6) is 0. The molecule has 0 amide bonds. The molecule has 0 saturated carbocycles. The molecule has 18 heavy (non-hydrogen) atoms. The van der Waals surface area contributed by atoms with E-state index in [4.69, 9.17) is 0 Å². The van der Waals surface area contributed by atoms with E-state index in [9.17, 15) is 0 Å². The summed E-state index contributed by atoms with van der Waals surface area (Å²) in [6.07, 6.45) is 0. The molecule has 0 aliphatic carbocycles. The van der Waals surface area contributed by atoms with Crippen molar-refractivity contribution < 1.29 is 0 Å². The van der Waals surface area contributed by atoms with Crippen LogP contribution in [0.4, 0.5) is 0 Å². The van der Waals surface area contributed by atoms with Crippen molar-refractivity contribution in [2.24, 2.45) is 0 Å². The van der Waals surface area contributed by atoms with Gasteiger partial charge in [0.05, 0.1) is 0 Å². The summed E-state index contributed by atoms with van der Waals surface area (Å²) in [4.78, 5) is 11.7. The van der Waals surface area contributed by atoms with Crippen LogP contribution in [-0.4, -0.2) is 46.8 Å². The Kier molecular flexibility index (Phi) is 6.27. The maximum absolute atomic E-state index is 3.95. The predicted molar refractivity (Wildman–Crippen MR) is 97.0 cm³/mol. The highest BCUT2D eigenvalue weighted by molar-refractivity contribution is 6.76. The lowest BCUT2D eigenvalue weighted by molar-refractivity contribution is 0.495. The number of hydrogen-bond donors (Lipinski definition) is 3. The molecule has 0 heterocycles. The molecule has 110 valence electrons. The van der Waals surface area contributed by atoms with E-state index >= 15 is 0 Å². The molecule has 0 saturated heterocycles. The van der Waals surface area contributed by atoms with Crippen molar-refractivity contribution >= 4 is 34.9 Å². The molecule has 0 spiro atoms. The highest BCUT2D eigenvalue weighted by Crippen LogP contribution is 2.08. The van der Waals surface area contributed by atoms with E-state index in [1.165, 1.54) is 0 Å². The molecule has 0 rings (SSSR count). The first-order valence-electron chi connectivity index (χ1n) is 6.96. The van der Waals surface area contributed by atoms with Crippen LogP contribution in [0.2, 0.25) is 58.9 Å². The van der Waals surface area contributed by atoms with Crippen LogP contribution in [0.1, 0.15) is 0 Å². The lowest BCUT2D eigenvalue weighted by Gasteiger charge is -2.43. The smallest absolute Gasteiger partial charge is 0.117 e. The van der Waals surface area contributed by atoms with E-state index < -0.39 is 24.7 Å². The molecule has 0 fully saturated rings.